The number of carbonyl (C=O) groups excluding carboxylic acids is 1. The lowest BCUT2D eigenvalue weighted by Gasteiger charge is -2.42. The number of H-pyrrole nitrogens is 1. The Bertz CT molecular complexity index is 830. The molecule has 7 nitrogen and oxygen atoms in total. The number of rotatable bonds is 3. The summed E-state index contributed by atoms with van der Waals surface area (Å²) in [6, 6.07) is 5.45. The molecule has 2 bridgehead atoms. The number of pyridine rings is 1. The molecular weight excluding hydrogens is 326 g/mol. The second-order valence-electron chi connectivity index (χ2n) is 6.49. The van der Waals surface area contributed by atoms with Gasteiger partial charge in [0, 0.05) is 37.3 Å². The number of amides is 1. The summed E-state index contributed by atoms with van der Waals surface area (Å²) in [5, 5.41) is 7.44. The molecule has 0 spiro atoms. The van der Waals surface area contributed by atoms with E-state index in [2.05, 4.69) is 15.2 Å². The summed E-state index contributed by atoms with van der Waals surface area (Å²) in [5.41, 5.74) is 1.13. The maximum atomic E-state index is 12.6. The number of nitrogens with zero attached hydrogens (tertiary/aromatic N) is 4. The van der Waals surface area contributed by atoms with Gasteiger partial charge in [0.2, 0.25) is 11.1 Å². The van der Waals surface area contributed by atoms with E-state index in [1.807, 2.05) is 28.5 Å². The molecule has 8 heteroatoms. The molecule has 0 radical (unpaired) electrons. The van der Waals surface area contributed by atoms with Gasteiger partial charge in [-0.05, 0) is 25.3 Å². The zero-order valence-electron chi connectivity index (χ0n) is 13.4. The van der Waals surface area contributed by atoms with E-state index in [0.717, 1.165) is 24.5 Å². The van der Waals surface area contributed by atoms with Gasteiger partial charge in [0.1, 0.15) is 5.82 Å². The van der Waals surface area contributed by atoms with Gasteiger partial charge in [-0.15, -0.1) is 5.10 Å². The fraction of sp³-hybridized carbons (Fsp3) is 0.500. The summed E-state index contributed by atoms with van der Waals surface area (Å²) in [4.78, 5) is 30.7. The SMILES string of the molecule is Cc1nc(SCC(=O)N2CC3CC(C2)c2cccc(=O)n2C3)n[nH]1. The third kappa shape index (κ3) is 2.86. The largest absolute Gasteiger partial charge is 0.341 e. The standard InChI is InChI=1S/C16H19N5O2S/c1-10-17-16(19-18-10)24-9-15(23)20-6-11-5-12(8-20)13-3-2-4-14(22)21(13)7-11/h2-4,11-12H,5-9H2,1H3,(H,17,18,19). The molecule has 2 aliphatic rings. The maximum Gasteiger partial charge on any atom is 0.250 e. The molecule has 2 aromatic heterocycles. The first-order chi connectivity index (χ1) is 11.6. The maximum absolute atomic E-state index is 12.6. The van der Waals surface area contributed by atoms with E-state index in [1.54, 1.807) is 6.07 Å². The van der Waals surface area contributed by atoms with Crippen LogP contribution in [0.5, 0.6) is 0 Å². The minimum absolute atomic E-state index is 0.0671. The highest BCUT2D eigenvalue weighted by molar-refractivity contribution is 7.99. The molecule has 4 heterocycles. The molecule has 0 aliphatic carbocycles. The quantitative estimate of drug-likeness (QED) is 0.840. The summed E-state index contributed by atoms with van der Waals surface area (Å²) in [6.07, 6.45) is 1.06. The Morgan fingerprint density at radius 1 is 1.38 bits per heavy atom. The molecule has 2 atom stereocenters. The van der Waals surface area contributed by atoms with Crippen molar-refractivity contribution in [3.8, 4) is 0 Å². The zero-order chi connectivity index (χ0) is 16.7. The number of likely N-dealkylation sites (tertiary alicyclic amines) is 1. The Balaban J connectivity index is 1.45. The molecule has 0 saturated carbocycles. The second-order valence-corrected chi connectivity index (χ2v) is 7.43. The van der Waals surface area contributed by atoms with Gasteiger partial charge in [-0.1, -0.05) is 17.8 Å². The van der Waals surface area contributed by atoms with Crippen molar-refractivity contribution in [2.45, 2.75) is 31.0 Å². The van der Waals surface area contributed by atoms with Crippen LogP contribution in [0.2, 0.25) is 0 Å². The number of aromatic amines is 1. The van der Waals surface area contributed by atoms with E-state index < -0.39 is 0 Å². The first-order valence-electron chi connectivity index (χ1n) is 8.09. The van der Waals surface area contributed by atoms with Crippen molar-refractivity contribution in [2.24, 2.45) is 5.92 Å². The van der Waals surface area contributed by atoms with Crippen molar-refractivity contribution in [1.82, 2.24) is 24.6 Å². The molecule has 2 aromatic rings. The summed E-state index contributed by atoms with van der Waals surface area (Å²) in [7, 11) is 0. The normalized spacial score (nSPS) is 22.3. The molecule has 2 aliphatic heterocycles. The molecular formula is C16H19N5O2S. The number of carbonyl (C=O) groups is 1. The van der Waals surface area contributed by atoms with Crippen LogP contribution in [0.15, 0.2) is 28.2 Å². The number of hydrogen-bond acceptors (Lipinski definition) is 5. The molecule has 1 fully saturated rings. The Hall–Kier alpha value is -2.09. The number of nitrogens with one attached hydrogen (secondary N) is 1. The third-order valence-electron chi connectivity index (χ3n) is 4.73. The first kappa shape index (κ1) is 15.4. The van der Waals surface area contributed by atoms with Crippen molar-refractivity contribution < 1.29 is 4.79 Å². The first-order valence-corrected chi connectivity index (χ1v) is 9.08. The van der Waals surface area contributed by atoms with Crippen LogP contribution in [0.4, 0.5) is 0 Å². The average molecular weight is 345 g/mol. The van der Waals surface area contributed by atoms with Crippen LogP contribution in [-0.2, 0) is 11.3 Å². The van der Waals surface area contributed by atoms with E-state index in [4.69, 9.17) is 0 Å². The Labute approximate surface area is 143 Å². The van der Waals surface area contributed by atoms with Gasteiger partial charge in [-0.2, -0.15) is 0 Å². The van der Waals surface area contributed by atoms with Crippen LogP contribution in [0.25, 0.3) is 0 Å². The van der Waals surface area contributed by atoms with Crippen molar-refractivity contribution in [1.29, 1.82) is 0 Å². The van der Waals surface area contributed by atoms with E-state index in [1.165, 1.54) is 11.8 Å². The van der Waals surface area contributed by atoms with Gasteiger partial charge >= 0.3 is 0 Å². The number of thioether (sulfide) groups is 1. The van der Waals surface area contributed by atoms with E-state index in [-0.39, 0.29) is 17.4 Å². The number of aryl methyl sites for hydroxylation is 1. The lowest BCUT2D eigenvalue weighted by Crippen LogP contribution is -2.49. The van der Waals surface area contributed by atoms with Gasteiger partial charge in [0.15, 0.2) is 0 Å². The summed E-state index contributed by atoms with van der Waals surface area (Å²) < 4.78 is 1.88. The molecule has 126 valence electrons. The topological polar surface area (TPSA) is 83.9 Å². The molecule has 1 saturated heterocycles. The van der Waals surface area contributed by atoms with Gasteiger partial charge < -0.3 is 9.47 Å². The van der Waals surface area contributed by atoms with Crippen LogP contribution in [-0.4, -0.2) is 49.4 Å². The highest BCUT2D eigenvalue weighted by Crippen LogP contribution is 2.35. The minimum Gasteiger partial charge on any atom is -0.341 e. The molecule has 1 amide bonds. The van der Waals surface area contributed by atoms with Gasteiger partial charge in [-0.3, -0.25) is 14.7 Å². The lowest BCUT2D eigenvalue weighted by atomic mass is 9.83. The summed E-state index contributed by atoms with van der Waals surface area (Å²) in [5.74, 6) is 1.82. The van der Waals surface area contributed by atoms with Crippen molar-refractivity contribution >= 4 is 17.7 Å². The van der Waals surface area contributed by atoms with Crippen LogP contribution in [0.1, 0.15) is 23.9 Å². The number of aromatic nitrogens is 4. The molecule has 4 rings (SSSR count). The van der Waals surface area contributed by atoms with Crippen molar-refractivity contribution in [3.05, 3.63) is 40.1 Å². The summed E-state index contributed by atoms with van der Waals surface area (Å²) in [6.45, 7) is 3.96. The lowest BCUT2D eigenvalue weighted by molar-refractivity contribution is -0.131. The number of hydrogen-bond donors (Lipinski definition) is 1. The molecule has 1 N–H and O–H groups in total. The van der Waals surface area contributed by atoms with Crippen molar-refractivity contribution in [2.75, 3.05) is 18.8 Å². The predicted octanol–water partition coefficient (Wildman–Crippen LogP) is 1.01. The van der Waals surface area contributed by atoms with Crippen LogP contribution in [0, 0.1) is 12.8 Å². The number of fused-ring (bicyclic) bond motifs is 4. The van der Waals surface area contributed by atoms with E-state index in [0.29, 0.717) is 29.9 Å². The fourth-order valence-electron chi connectivity index (χ4n) is 3.70. The van der Waals surface area contributed by atoms with Crippen molar-refractivity contribution in [3.63, 3.8) is 0 Å². The minimum atomic E-state index is 0.0671. The average Bonchev–Trinajstić information content (AvgIpc) is 2.99. The Morgan fingerprint density at radius 2 is 2.25 bits per heavy atom. The van der Waals surface area contributed by atoms with Gasteiger partial charge in [0.05, 0.1) is 5.75 Å². The Kier molecular flexibility index (Phi) is 3.91. The van der Waals surface area contributed by atoms with Gasteiger partial charge in [-0.25, -0.2) is 4.98 Å². The molecule has 2 unspecified atom stereocenters. The zero-order valence-corrected chi connectivity index (χ0v) is 14.3. The second kappa shape index (κ2) is 6.08. The van der Waals surface area contributed by atoms with Gasteiger partial charge in [0.25, 0.3) is 5.56 Å². The van der Waals surface area contributed by atoms with Crippen LogP contribution in [0.3, 0.4) is 0 Å². The van der Waals surface area contributed by atoms with Crippen LogP contribution >= 0.6 is 11.8 Å². The Morgan fingerprint density at radius 3 is 3.04 bits per heavy atom. The van der Waals surface area contributed by atoms with E-state index >= 15 is 0 Å². The number of piperidine rings is 1. The molecule has 24 heavy (non-hydrogen) atoms. The van der Waals surface area contributed by atoms with E-state index in [9.17, 15) is 9.59 Å². The fourth-order valence-corrected chi connectivity index (χ4v) is 4.45. The molecule has 0 aromatic carbocycles. The highest BCUT2D eigenvalue weighted by Gasteiger charge is 2.36. The summed E-state index contributed by atoms with van der Waals surface area (Å²) >= 11 is 1.36. The highest BCUT2D eigenvalue weighted by atomic mass is 32.2. The monoisotopic (exact) mass is 345 g/mol. The third-order valence-corrected chi connectivity index (χ3v) is 5.57. The smallest absolute Gasteiger partial charge is 0.250 e. The predicted molar refractivity (Wildman–Crippen MR) is 90.0 cm³/mol. The van der Waals surface area contributed by atoms with Crippen LogP contribution < -0.4 is 5.56 Å².